The van der Waals surface area contributed by atoms with Gasteiger partial charge in [0, 0.05) is 36.3 Å². The van der Waals surface area contributed by atoms with Gasteiger partial charge in [0.2, 0.25) is 0 Å². The zero-order chi connectivity index (χ0) is 18.2. The van der Waals surface area contributed by atoms with Gasteiger partial charge >= 0.3 is 5.97 Å². The van der Waals surface area contributed by atoms with Crippen molar-refractivity contribution in [1.29, 1.82) is 0 Å². The fraction of sp³-hybridized carbons (Fsp3) is 0.167. The van der Waals surface area contributed by atoms with E-state index < -0.39 is 11.9 Å². The van der Waals surface area contributed by atoms with E-state index in [1.165, 1.54) is 22.3 Å². The lowest BCUT2D eigenvalue weighted by Crippen LogP contribution is -2.22. The molecule has 1 aromatic heterocycles. The van der Waals surface area contributed by atoms with Crippen LogP contribution in [0.2, 0.25) is 0 Å². The Kier molecular flexibility index (Phi) is 6.47. The number of thiophene rings is 1. The first-order valence-corrected chi connectivity index (χ1v) is 8.33. The molecular weight excluding hydrogens is 340 g/mol. The highest BCUT2D eigenvalue weighted by atomic mass is 32.1. The number of rotatable bonds is 6. The highest BCUT2D eigenvalue weighted by Crippen LogP contribution is 2.11. The van der Waals surface area contributed by atoms with Gasteiger partial charge in [-0.05, 0) is 41.8 Å². The van der Waals surface area contributed by atoms with Crippen LogP contribution in [0.3, 0.4) is 0 Å². The Morgan fingerprint density at radius 3 is 2.48 bits per heavy atom. The van der Waals surface area contributed by atoms with E-state index in [4.69, 9.17) is 4.74 Å². The van der Waals surface area contributed by atoms with Gasteiger partial charge in [0.1, 0.15) is 0 Å². The first-order valence-electron chi connectivity index (χ1n) is 7.45. The molecule has 0 bridgehead atoms. The third-order valence-corrected chi connectivity index (χ3v) is 3.93. The molecule has 7 heteroatoms. The molecule has 6 nitrogen and oxygen atoms in total. The number of hydrogen-bond donors (Lipinski definition) is 1. The number of esters is 1. The van der Waals surface area contributed by atoms with Crippen molar-refractivity contribution >= 4 is 40.9 Å². The van der Waals surface area contributed by atoms with Crippen molar-refractivity contribution in [2.24, 2.45) is 0 Å². The Hall–Kier alpha value is -2.93. The van der Waals surface area contributed by atoms with Crippen molar-refractivity contribution in [3.8, 4) is 0 Å². The minimum atomic E-state index is -0.588. The number of carbonyl (C=O) groups excluding carboxylic acids is 3. The summed E-state index contributed by atoms with van der Waals surface area (Å²) in [5.41, 5.74) is 1.04. The summed E-state index contributed by atoms with van der Waals surface area (Å²) in [4.78, 5) is 37.5. The minimum Gasteiger partial charge on any atom is -0.452 e. The monoisotopic (exact) mass is 358 g/mol. The van der Waals surface area contributed by atoms with Crippen LogP contribution < -0.4 is 5.32 Å². The van der Waals surface area contributed by atoms with Crippen molar-refractivity contribution < 1.29 is 19.1 Å². The molecule has 0 fully saturated rings. The lowest BCUT2D eigenvalue weighted by Gasteiger charge is -2.11. The molecule has 0 spiro atoms. The average molecular weight is 358 g/mol. The van der Waals surface area contributed by atoms with Crippen molar-refractivity contribution in [2.45, 2.75) is 0 Å². The van der Waals surface area contributed by atoms with Crippen LogP contribution >= 0.6 is 11.3 Å². The Bertz CT molecular complexity index is 765. The van der Waals surface area contributed by atoms with Crippen LogP contribution in [0.5, 0.6) is 0 Å². The Labute approximate surface area is 149 Å². The third-order valence-electron chi connectivity index (χ3n) is 3.09. The maximum atomic E-state index is 11.8. The summed E-state index contributed by atoms with van der Waals surface area (Å²) in [5.74, 6) is -1.16. The molecule has 0 aliphatic heterocycles. The predicted octanol–water partition coefficient (Wildman–Crippen LogP) is 2.65. The van der Waals surface area contributed by atoms with E-state index in [2.05, 4.69) is 5.32 Å². The summed E-state index contributed by atoms with van der Waals surface area (Å²) in [6, 6.07) is 10.2. The number of nitrogens with zero attached hydrogens (tertiary/aromatic N) is 1. The van der Waals surface area contributed by atoms with Gasteiger partial charge in [0.05, 0.1) is 0 Å². The number of ether oxygens (including phenoxy) is 1. The maximum absolute atomic E-state index is 11.8. The molecule has 0 saturated carbocycles. The second-order valence-electron chi connectivity index (χ2n) is 5.28. The topological polar surface area (TPSA) is 75.7 Å². The summed E-state index contributed by atoms with van der Waals surface area (Å²) >= 11 is 1.50. The van der Waals surface area contributed by atoms with Gasteiger partial charge in [0.25, 0.3) is 11.8 Å². The summed E-state index contributed by atoms with van der Waals surface area (Å²) in [6.45, 7) is -0.383. The van der Waals surface area contributed by atoms with E-state index in [1.807, 2.05) is 17.5 Å². The molecule has 2 aromatic rings. The molecule has 1 aromatic carbocycles. The number of carbonyl (C=O) groups is 3. The molecule has 0 saturated heterocycles. The molecule has 0 unspecified atom stereocenters. The van der Waals surface area contributed by atoms with Gasteiger partial charge in [-0.25, -0.2) is 4.79 Å². The van der Waals surface area contributed by atoms with E-state index in [9.17, 15) is 14.4 Å². The molecule has 25 heavy (non-hydrogen) atoms. The Balaban J connectivity index is 1.80. The van der Waals surface area contributed by atoms with Crippen molar-refractivity contribution in [2.75, 3.05) is 26.0 Å². The minimum absolute atomic E-state index is 0.121. The first-order chi connectivity index (χ1) is 12.0. The zero-order valence-corrected chi connectivity index (χ0v) is 14.7. The van der Waals surface area contributed by atoms with E-state index in [1.54, 1.807) is 44.4 Å². The fourth-order valence-electron chi connectivity index (χ4n) is 1.87. The van der Waals surface area contributed by atoms with Crippen LogP contribution in [0.15, 0.2) is 47.9 Å². The lowest BCUT2D eigenvalue weighted by atomic mass is 10.2. The molecule has 2 rings (SSSR count). The average Bonchev–Trinajstić information content (AvgIpc) is 3.11. The van der Waals surface area contributed by atoms with Gasteiger partial charge < -0.3 is 15.0 Å². The maximum Gasteiger partial charge on any atom is 0.331 e. The quantitative estimate of drug-likeness (QED) is 0.636. The summed E-state index contributed by atoms with van der Waals surface area (Å²) < 4.78 is 4.87. The molecule has 0 aliphatic rings. The van der Waals surface area contributed by atoms with Gasteiger partial charge in [-0.15, -0.1) is 11.3 Å². The van der Waals surface area contributed by atoms with Crippen LogP contribution in [-0.2, 0) is 14.3 Å². The summed E-state index contributed by atoms with van der Waals surface area (Å²) in [6.07, 6.45) is 2.91. The van der Waals surface area contributed by atoms with Crippen molar-refractivity contribution in [3.05, 3.63) is 58.3 Å². The van der Waals surface area contributed by atoms with E-state index in [-0.39, 0.29) is 12.5 Å². The zero-order valence-electron chi connectivity index (χ0n) is 13.9. The van der Waals surface area contributed by atoms with Crippen molar-refractivity contribution in [1.82, 2.24) is 4.90 Å². The normalized spacial score (nSPS) is 10.5. The van der Waals surface area contributed by atoms with Crippen LogP contribution in [0.4, 0.5) is 5.69 Å². The van der Waals surface area contributed by atoms with E-state index in [0.717, 1.165) is 4.88 Å². The van der Waals surface area contributed by atoms with Crippen LogP contribution in [-0.4, -0.2) is 43.4 Å². The number of nitrogens with one attached hydrogen (secondary N) is 1. The predicted molar refractivity (Wildman–Crippen MR) is 97.4 cm³/mol. The summed E-state index contributed by atoms with van der Waals surface area (Å²) in [5, 5.41) is 4.50. The molecule has 0 atom stereocenters. The smallest absolute Gasteiger partial charge is 0.331 e. The van der Waals surface area contributed by atoms with Crippen LogP contribution in [0.25, 0.3) is 6.08 Å². The number of benzene rings is 1. The van der Waals surface area contributed by atoms with E-state index >= 15 is 0 Å². The van der Waals surface area contributed by atoms with Crippen molar-refractivity contribution in [3.63, 3.8) is 0 Å². The first kappa shape index (κ1) is 18.4. The molecule has 1 N–H and O–H groups in total. The lowest BCUT2D eigenvalue weighted by molar-refractivity contribution is -0.142. The number of amides is 2. The van der Waals surface area contributed by atoms with Gasteiger partial charge in [-0.1, -0.05) is 6.07 Å². The highest BCUT2D eigenvalue weighted by Gasteiger charge is 2.09. The standard InChI is InChI=1S/C18H18N2O4S/c1-20(2)18(23)13-5-7-14(8-6-13)19-16(21)12-24-17(22)10-9-15-4-3-11-25-15/h3-11H,12H2,1-2H3,(H,19,21)/b10-9+. The highest BCUT2D eigenvalue weighted by molar-refractivity contribution is 7.10. The Morgan fingerprint density at radius 1 is 1.16 bits per heavy atom. The van der Waals surface area contributed by atoms with E-state index in [0.29, 0.717) is 11.3 Å². The molecule has 0 radical (unpaired) electrons. The molecule has 1 heterocycles. The molecule has 0 aliphatic carbocycles. The largest absolute Gasteiger partial charge is 0.452 e. The van der Waals surface area contributed by atoms with Gasteiger partial charge in [-0.3, -0.25) is 9.59 Å². The van der Waals surface area contributed by atoms with Gasteiger partial charge in [0.15, 0.2) is 6.61 Å². The second kappa shape index (κ2) is 8.79. The molecule has 2 amide bonds. The molecule has 130 valence electrons. The Morgan fingerprint density at radius 2 is 1.88 bits per heavy atom. The van der Waals surface area contributed by atoms with Gasteiger partial charge in [-0.2, -0.15) is 0 Å². The SMILES string of the molecule is CN(C)C(=O)c1ccc(NC(=O)COC(=O)/C=C/c2cccs2)cc1. The molecular formula is C18H18N2O4S. The van der Waals surface area contributed by atoms with Crippen LogP contribution in [0.1, 0.15) is 15.2 Å². The fourth-order valence-corrected chi connectivity index (χ4v) is 2.49. The third kappa shape index (κ3) is 5.89. The van der Waals surface area contributed by atoms with Crippen LogP contribution in [0, 0.1) is 0 Å². The second-order valence-corrected chi connectivity index (χ2v) is 6.26. The number of hydrogen-bond acceptors (Lipinski definition) is 5. The number of anilines is 1. The summed E-state index contributed by atoms with van der Waals surface area (Å²) in [7, 11) is 3.33.